The lowest BCUT2D eigenvalue weighted by Gasteiger charge is -2.24. The number of carbonyl (C=O) groups is 1. The number of benzene rings is 2. The third-order valence-corrected chi connectivity index (χ3v) is 4.35. The molecule has 0 bridgehead atoms. The van der Waals surface area contributed by atoms with Gasteiger partial charge < -0.3 is 14.5 Å². The van der Waals surface area contributed by atoms with Gasteiger partial charge in [-0.3, -0.25) is 9.78 Å². The minimum atomic E-state index is -0.0701. The van der Waals surface area contributed by atoms with Gasteiger partial charge in [-0.2, -0.15) is 0 Å². The van der Waals surface area contributed by atoms with E-state index in [0.717, 1.165) is 22.7 Å². The summed E-state index contributed by atoms with van der Waals surface area (Å²) in [6, 6.07) is 19.2. The molecule has 0 aliphatic rings. The summed E-state index contributed by atoms with van der Waals surface area (Å²) in [5.74, 6) is 0.685. The predicted octanol–water partition coefficient (Wildman–Crippen LogP) is 4.00. The number of pyridine rings is 1. The maximum Gasteiger partial charge on any atom is 0.258 e. The van der Waals surface area contributed by atoms with Gasteiger partial charge in [0.05, 0.1) is 13.7 Å². The minimum Gasteiger partial charge on any atom is -0.497 e. The highest BCUT2D eigenvalue weighted by Crippen LogP contribution is 2.24. The van der Waals surface area contributed by atoms with Gasteiger partial charge in [-0.15, -0.1) is 0 Å². The zero-order valence-electron chi connectivity index (χ0n) is 15.8. The van der Waals surface area contributed by atoms with Crippen LogP contribution in [0, 0.1) is 0 Å². The molecule has 27 heavy (non-hydrogen) atoms. The smallest absolute Gasteiger partial charge is 0.258 e. The Bertz CT molecular complexity index is 876. The SMILES string of the molecule is COc1ccc(N(Cc2ccc(N(C)C)cc2)C(=O)c2ccncc2)cc1. The van der Waals surface area contributed by atoms with E-state index in [4.69, 9.17) is 4.74 Å². The van der Waals surface area contributed by atoms with Gasteiger partial charge in [0.2, 0.25) is 0 Å². The van der Waals surface area contributed by atoms with E-state index in [1.54, 1.807) is 36.5 Å². The van der Waals surface area contributed by atoms with Crippen LogP contribution >= 0.6 is 0 Å². The quantitative estimate of drug-likeness (QED) is 0.666. The molecule has 138 valence electrons. The maximum atomic E-state index is 13.1. The third kappa shape index (κ3) is 4.44. The van der Waals surface area contributed by atoms with Gasteiger partial charge in [-0.1, -0.05) is 12.1 Å². The molecule has 0 radical (unpaired) electrons. The molecule has 2 aromatic carbocycles. The fourth-order valence-corrected chi connectivity index (χ4v) is 2.77. The molecule has 0 N–H and O–H groups in total. The molecule has 0 spiro atoms. The molecule has 1 aromatic heterocycles. The van der Waals surface area contributed by atoms with Gasteiger partial charge in [0.25, 0.3) is 5.91 Å². The molecular formula is C22H23N3O2. The van der Waals surface area contributed by atoms with Crippen molar-refractivity contribution in [3.63, 3.8) is 0 Å². The molecule has 3 aromatic rings. The molecule has 0 aliphatic heterocycles. The number of nitrogens with zero attached hydrogens (tertiary/aromatic N) is 3. The average molecular weight is 361 g/mol. The second kappa shape index (κ2) is 8.36. The molecule has 5 heteroatoms. The number of carbonyl (C=O) groups excluding carboxylic acids is 1. The van der Waals surface area contributed by atoms with Gasteiger partial charge in [0.1, 0.15) is 5.75 Å². The van der Waals surface area contributed by atoms with E-state index in [0.29, 0.717) is 12.1 Å². The summed E-state index contributed by atoms with van der Waals surface area (Å²) in [5.41, 5.74) is 3.59. The van der Waals surface area contributed by atoms with Crippen molar-refractivity contribution in [2.45, 2.75) is 6.54 Å². The van der Waals surface area contributed by atoms with E-state index in [-0.39, 0.29) is 5.91 Å². The lowest BCUT2D eigenvalue weighted by molar-refractivity contribution is 0.0985. The standard InChI is InChI=1S/C22H23N3O2/c1-24(2)19-6-4-17(5-7-19)16-25(20-8-10-21(27-3)11-9-20)22(26)18-12-14-23-15-13-18/h4-15H,16H2,1-3H3. The molecule has 0 unspecified atom stereocenters. The normalized spacial score (nSPS) is 10.3. The highest BCUT2D eigenvalue weighted by Gasteiger charge is 2.18. The molecule has 0 saturated carbocycles. The van der Waals surface area contributed by atoms with Crippen LogP contribution in [0.2, 0.25) is 0 Å². The average Bonchev–Trinajstić information content (AvgIpc) is 2.72. The molecular weight excluding hydrogens is 338 g/mol. The lowest BCUT2D eigenvalue weighted by atomic mass is 10.1. The van der Waals surface area contributed by atoms with Crippen LogP contribution in [0.3, 0.4) is 0 Å². The number of ether oxygens (including phenoxy) is 1. The predicted molar refractivity (Wildman–Crippen MR) is 109 cm³/mol. The van der Waals surface area contributed by atoms with Crippen LogP contribution in [-0.2, 0) is 6.54 Å². The van der Waals surface area contributed by atoms with Gasteiger partial charge in [-0.05, 0) is 54.1 Å². The number of amides is 1. The topological polar surface area (TPSA) is 45.7 Å². The van der Waals surface area contributed by atoms with Crippen molar-refractivity contribution in [3.05, 3.63) is 84.2 Å². The van der Waals surface area contributed by atoms with Crippen molar-refractivity contribution in [2.24, 2.45) is 0 Å². The van der Waals surface area contributed by atoms with Crippen LogP contribution in [-0.4, -0.2) is 32.1 Å². The zero-order chi connectivity index (χ0) is 19.2. The summed E-state index contributed by atoms with van der Waals surface area (Å²) in [6.45, 7) is 0.473. The summed E-state index contributed by atoms with van der Waals surface area (Å²) in [5, 5.41) is 0. The van der Waals surface area contributed by atoms with Crippen LogP contribution in [0.25, 0.3) is 0 Å². The van der Waals surface area contributed by atoms with Crippen LogP contribution in [0.5, 0.6) is 5.75 Å². The summed E-state index contributed by atoms with van der Waals surface area (Å²) >= 11 is 0. The summed E-state index contributed by atoms with van der Waals surface area (Å²) in [4.78, 5) is 21.0. The summed E-state index contributed by atoms with van der Waals surface area (Å²) < 4.78 is 5.23. The Labute approximate surface area is 159 Å². The molecule has 1 heterocycles. The van der Waals surface area contributed by atoms with Gasteiger partial charge in [0, 0.05) is 43.4 Å². The van der Waals surface area contributed by atoms with Crippen LogP contribution in [0.1, 0.15) is 15.9 Å². The lowest BCUT2D eigenvalue weighted by Crippen LogP contribution is -2.30. The van der Waals surface area contributed by atoms with Crippen molar-refractivity contribution in [2.75, 3.05) is 31.0 Å². The van der Waals surface area contributed by atoms with Crippen molar-refractivity contribution in [1.29, 1.82) is 0 Å². The molecule has 0 saturated heterocycles. The Morgan fingerprint density at radius 1 is 0.889 bits per heavy atom. The first-order valence-electron chi connectivity index (χ1n) is 8.70. The Hall–Kier alpha value is -3.34. The fourth-order valence-electron chi connectivity index (χ4n) is 2.77. The van der Waals surface area contributed by atoms with Gasteiger partial charge >= 0.3 is 0 Å². The second-order valence-electron chi connectivity index (χ2n) is 6.39. The van der Waals surface area contributed by atoms with E-state index in [1.807, 2.05) is 55.4 Å². The number of hydrogen-bond acceptors (Lipinski definition) is 4. The van der Waals surface area contributed by atoms with E-state index >= 15 is 0 Å². The van der Waals surface area contributed by atoms with E-state index in [9.17, 15) is 4.79 Å². The minimum absolute atomic E-state index is 0.0701. The third-order valence-electron chi connectivity index (χ3n) is 4.35. The Morgan fingerprint density at radius 3 is 2.04 bits per heavy atom. The summed E-state index contributed by atoms with van der Waals surface area (Å²) in [6.07, 6.45) is 3.26. The number of anilines is 2. The second-order valence-corrected chi connectivity index (χ2v) is 6.39. The molecule has 1 amide bonds. The van der Waals surface area contributed by atoms with Crippen LogP contribution in [0.4, 0.5) is 11.4 Å². The highest BCUT2D eigenvalue weighted by molar-refractivity contribution is 6.05. The van der Waals surface area contributed by atoms with Crippen LogP contribution < -0.4 is 14.5 Å². The Balaban J connectivity index is 1.92. The van der Waals surface area contributed by atoms with E-state index in [2.05, 4.69) is 17.1 Å². The molecule has 5 nitrogen and oxygen atoms in total. The Morgan fingerprint density at radius 2 is 1.48 bits per heavy atom. The van der Waals surface area contributed by atoms with Crippen molar-refractivity contribution >= 4 is 17.3 Å². The fraction of sp³-hybridized carbons (Fsp3) is 0.182. The number of methoxy groups -OCH3 is 1. The Kier molecular flexibility index (Phi) is 5.71. The van der Waals surface area contributed by atoms with Gasteiger partial charge in [0.15, 0.2) is 0 Å². The van der Waals surface area contributed by atoms with Crippen molar-refractivity contribution < 1.29 is 9.53 Å². The highest BCUT2D eigenvalue weighted by atomic mass is 16.5. The number of hydrogen-bond donors (Lipinski definition) is 0. The molecule has 3 rings (SSSR count). The largest absolute Gasteiger partial charge is 0.497 e. The first-order valence-corrected chi connectivity index (χ1v) is 8.70. The van der Waals surface area contributed by atoms with Crippen molar-refractivity contribution in [1.82, 2.24) is 4.98 Å². The van der Waals surface area contributed by atoms with Gasteiger partial charge in [-0.25, -0.2) is 0 Å². The number of aromatic nitrogens is 1. The summed E-state index contributed by atoms with van der Waals surface area (Å²) in [7, 11) is 5.64. The first kappa shape index (κ1) is 18.5. The number of rotatable bonds is 6. The van der Waals surface area contributed by atoms with Crippen LogP contribution in [0.15, 0.2) is 73.1 Å². The first-order chi connectivity index (χ1) is 13.1. The monoisotopic (exact) mass is 361 g/mol. The van der Waals surface area contributed by atoms with E-state index in [1.165, 1.54) is 0 Å². The molecule has 0 aliphatic carbocycles. The van der Waals surface area contributed by atoms with Crippen molar-refractivity contribution in [3.8, 4) is 5.75 Å². The zero-order valence-corrected chi connectivity index (χ0v) is 15.8. The maximum absolute atomic E-state index is 13.1. The van der Waals surface area contributed by atoms with E-state index < -0.39 is 0 Å². The molecule has 0 atom stereocenters. The molecule has 0 fully saturated rings.